The first-order valence-electron chi connectivity index (χ1n) is 10.8. The number of hydrogen-bond donors (Lipinski definition) is 0. The van der Waals surface area contributed by atoms with Crippen molar-refractivity contribution in [3.8, 4) is 0 Å². The van der Waals surface area contributed by atoms with Gasteiger partial charge >= 0.3 is 8.69 Å². The smallest absolute Gasteiger partial charge is 0.288 e. The van der Waals surface area contributed by atoms with Gasteiger partial charge in [0, 0.05) is 0 Å². The van der Waals surface area contributed by atoms with Crippen molar-refractivity contribution in [1.82, 2.24) is 0 Å². The summed E-state index contributed by atoms with van der Waals surface area (Å²) in [5.41, 5.74) is -0.129. The van der Waals surface area contributed by atoms with Crippen molar-refractivity contribution in [3.63, 3.8) is 0 Å². The van der Waals surface area contributed by atoms with E-state index in [1.54, 1.807) is 0 Å². The highest BCUT2D eigenvalue weighted by molar-refractivity contribution is 7.17. The third-order valence-electron chi connectivity index (χ3n) is 5.19. The van der Waals surface area contributed by atoms with Crippen LogP contribution in [-0.4, -0.2) is 5.60 Å². The molecule has 0 heterocycles. The van der Waals surface area contributed by atoms with E-state index < -0.39 is 0 Å². The van der Waals surface area contributed by atoms with Crippen LogP contribution in [0.4, 0.5) is 0 Å². The van der Waals surface area contributed by atoms with E-state index in [-0.39, 0.29) is 14.3 Å². The SMILES string of the molecule is CCCCCCCCC(CCCCCC)(CCCCCC)OP=O. The van der Waals surface area contributed by atoms with Gasteiger partial charge in [0.05, 0.1) is 5.60 Å². The predicted molar refractivity (Wildman–Crippen MR) is 107 cm³/mol. The van der Waals surface area contributed by atoms with Crippen LogP contribution in [0.15, 0.2) is 0 Å². The van der Waals surface area contributed by atoms with Gasteiger partial charge in [-0.05, 0) is 19.3 Å². The molecule has 0 aliphatic heterocycles. The van der Waals surface area contributed by atoms with E-state index in [0.29, 0.717) is 0 Å². The summed E-state index contributed by atoms with van der Waals surface area (Å²) in [5.74, 6) is 0. The molecule has 0 unspecified atom stereocenters. The summed E-state index contributed by atoms with van der Waals surface area (Å²) in [6.45, 7) is 6.76. The molecule has 0 radical (unpaired) electrons. The van der Waals surface area contributed by atoms with Crippen LogP contribution in [-0.2, 0) is 9.09 Å². The minimum atomic E-state index is -0.129. The fourth-order valence-electron chi connectivity index (χ4n) is 3.57. The summed E-state index contributed by atoms with van der Waals surface area (Å²) in [5, 5.41) is 0. The second kappa shape index (κ2) is 17.9. The van der Waals surface area contributed by atoms with Crippen LogP contribution in [0.2, 0.25) is 0 Å². The zero-order valence-electron chi connectivity index (χ0n) is 16.8. The Morgan fingerprint density at radius 2 is 0.917 bits per heavy atom. The number of unbranched alkanes of at least 4 members (excludes halogenated alkanes) is 11. The molecule has 0 bridgehead atoms. The molecule has 0 saturated heterocycles. The first-order valence-corrected chi connectivity index (χ1v) is 11.5. The summed E-state index contributed by atoms with van der Waals surface area (Å²) in [4.78, 5) is 0. The molecule has 0 aliphatic rings. The van der Waals surface area contributed by atoms with Gasteiger partial charge < -0.3 is 0 Å². The van der Waals surface area contributed by atoms with Gasteiger partial charge in [-0.15, -0.1) is 0 Å². The molecular weight excluding hydrogens is 315 g/mol. The van der Waals surface area contributed by atoms with Gasteiger partial charge in [-0.3, -0.25) is 4.52 Å². The Hall–Kier alpha value is 0.0600. The molecule has 0 N–H and O–H groups in total. The first kappa shape index (κ1) is 24.1. The average molecular weight is 359 g/mol. The van der Waals surface area contributed by atoms with E-state index in [4.69, 9.17) is 4.52 Å². The van der Waals surface area contributed by atoms with Crippen LogP contribution in [0.3, 0.4) is 0 Å². The third kappa shape index (κ3) is 13.4. The van der Waals surface area contributed by atoms with Gasteiger partial charge in [-0.1, -0.05) is 111 Å². The minimum Gasteiger partial charge on any atom is -0.288 e. The lowest BCUT2D eigenvalue weighted by Gasteiger charge is -2.31. The van der Waals surface area contributed by atoms with Crippen molar-refractivity contribution >= 4 is 8.69 Å². The van der Waals surface area contributed by atoms with E-state index in [1.165, 1.54) is 89.9 Å². The van der Waals surface area contributed by atoms with E-state index in [2.05, 4.69) is 20.8 Å². The molecule has 0 rings (SSSR count). The second-order valence-corrected chi connectivity index (χ2v) is 7.82. The Labute approximate surface area is 153 Å². The summed E-state index contributed by atoms with van der Waals surface area (Å²) >= 11 is 0. The minimum absolute atomic E-state index is 0.123. The lowest BCUT2D eigenvalue weighted by molar-refractivity contribution is 0.0467. The molecule has 24 heavy (non-hydrogen) atoms. The fraction of sp³-hybridized carbons (Fsp3) is 1.00. The Kier molecular flexibility index (Phi) is 17.9. The topological polar surface area (TPSA) is 26.3 Å². The zero-order valence-corrected chi connectivity index (χ0v) is 17.7. The summed E-state index contributed by atoms with van der Waals surface area (Å²) < 4.78 is 17.1. The molecule has 0 aliphatic carbocycles. The van der Waals surface area contributed by atoms with Gasteiger partial charge in [-0.25, -0.2) is 4.57 Å². The van der Waals surface area contributed by atoms with Crippen molar-refractivity contribution in [2.45, 2.75) is 136 Å². The highest BCUT2D eigenvalue weighted by atomic mass is 31.1. The molecule has 2 nitrogen and oxygen atoms in total. The molecule has 0 atom stereocenters. The number of rotatable bonds is 19. The van der Waals surface area contributed by atoms with Gasteiger partial charge in [-0.2, -0.15) is 0 Å². The number of hydrogen-bond acceptors (Lipinski definition) is 2. The van der Waals surface area contributed by atoms with E-state index in [0.717, 1.165) is 19.3 Å². The van der Waals surface area contributed by atoms with Crippen LogP contribution in [0.5, 0.6) is 0 Å². The van der Waals surface area contributed by atoms with E-state index >= 15 is 0 Å². The zero-order chi connectivity index (χ0) is 17.9. The van der Waals surface area contributed by atoms with Gasteiger partial charge in [0.1, 0.15) is 0 Å². The summed E-state index contributed by atoms with van der Waals surface area (Å²) in [6.07, 6.45) is 21.3. The summed E-state index contributed by atoms with van der Waals surface area (Å²) in [6, 6.07) is 0. The van der Waals surface area contributed by atoms with Crippen molar-refractivity contribution in [2.24, 2.45) is 0 Å². The van der Waals surface area contributed by atoms with Crippen LogP contribution < -0.4 is 0 Å². The van der Waals surface area contributed by atoms with Gasteiger partial charge in [0.2, 0.25) is 0 Å². The van der Waals surface area contributed by atoms with E-state index in [9.17, 15) is 4.57 Å². The molecule has 0 aromatic rings. The van der Waals surface area contributed by atoms with Crippen LogP contribution in [0, 0.1) is 0 Å². The van der Waals surface area contributed by atoms with Gasteiger partial charge in [0.25, 0.3) is 0 Å². The van der Waals surface area contributed by atoms with Crippen LogP contribution in [0.1, 0.15) is 130 Å². The highest BCUT2D eigenvalue weighted by Gasteiger charge is 2.30. The lowest BCUT2D eigenvalue weighted by atomic mass is 9.85. The molecular formula is C21H43O2P. The molecule has 144 valence electrons. The summed E-state index contributed by atoms with van der Waals surface area (Å²) in [7, 11) is -0.123. The molecule has 0 aromatic heterocycles. The van der Waals surface area contributed by atoms with Crippen molar-refractivity contribution in [2.75, 3.05) is 0 Å². The van der Waals surface area contributed by atoms with Crippen LogP contribution >= 0.6 is 8.69 Å². The van der Waals surface area contributed by atoms with Crippen LogP contribution in [0.25, 0.3) is 0 Å². The quantitative estimate of drug-likeness (QED) is 0.170. The maximum atomic E-state index is 11.2. The highest BCUT2D eigenvalue weighted by Crippen LogP contribution is 2.35. The van der Waals surface area contributed by atoms with Gasteiger partial charge in [0.15, 0.2) is 0 Å². The largest absolute Gasteiger partial charge is 0.327 e. The van der Waals surface area contributed by atoms with E-state index in [1.807, 2.05) is 0 Å². The average Bonchev–Trinajstić information content (AvgIpc) is 2.59. The maximum Gasteiger partial charge on any atom is 0.327 e. The Bertz CT molecular complexity index is 257. The monoisotopic (exact) mass is 358 g/mol. The molecule has 0 spiro atoms. The molecule has 3 heteroatoms. The molecule has 0 saturated carbocycles. The molecule has 0 fully saturated rings. The first-order chi connectivity index (χ1) is 11.7. The van der Waals surface area contributed by atoms with Crippen molar-refractivity contribution < 1.29 is 9.09 Å². The van der Waals surface area contributed by atoms with Crippen molar-refractivity contribution in [3.05, 3.63) is 0 Å². The fourth-order valence-corrected chi connectivity index (χ4v) is 4.00. The standard InChI is InChI=1S/C21H43O2P/c1-4-7-10-13-14-17-20-21(23-24-22,18-15-11-8-5-2)19-16-12-9-6-3/h4-20H2,1-3H3. The Morgan fingerprint density at radius 3 is 1.29 bits per heavy atom. The molecule has 0 amide bonds. The predicted octanol–water partition coefficient (Wildman–Crippen LogP) is 8.64. The second-order valence-electron chi connectivity index (χ2n) is 7.49. The Balaban J connectivity index is 4.39. The lowest BCUT2D eigenvalue weighted by Crippen LogP contribution is -2.30. The third-order valence-corrected chi connectivity index (χ3v) is 5.65. The normalized spacial score (nSPS) is 12.1. The maximum absolute atomic E-state index is 11.2. The Morgan fingerprint density at radius 1 is 0.583 bits per heavy atom. The van der Waals surface area contributed by atoms with Crippen molar-refractivity contribution in [1.29, 1.82) is 0 Å². The molecule has 0 aromatic carbocycles.